The molecule has 1 amide bonds. The molecule has 1 saturated heterocycles. The zero-order chi connectivity index (χ0) is 19.9. The van der Waals surface area contributed by atoms with E-state index >= 15 is 0 Å². The highest BCUT2D eigenvalue weighted by molar-refractivity contribution is 5.77. The number of hydrogen-bond donors (Lipinski definition) is 0. The van der Waals surface area contributed by atoms with E-state index < -0.39 is 0 Å². The standard InChI is InChI=1S/C23H24N4O2/c28-21(26-14-16-27(17-15-26)23-24-12-7-13-25-23)18-29-22(19-8-3-1-4-9-19)20-10-5-2-6-11-20/h1-13,22H,14-18H2. The predicted molar refractivity (Wildman–Crippen MR) is 112 cm³/mol. The quantitative estimate of drug-likeness (QED) is 0.650. The van der Waals surface area contributed by atoms with E-state index in [0.717, 1.165) is 24.2 Å². The fourth-order valence-electron chi connectivity index (χ4n) is 3.50. The Morgan fingerprint density at radius 3 is 1.93 bits per heavy atom. The molecule has 0 aliphatic carbocycles. The minimum absolute atomic E-state index is 0.00972. The lowest BCUT2D eigenvalue weighted by molar-refractivity contribution is -0.137. The van der Waals surface area contributed by atoms with Crippen molar-refractivity contribution in [2.24, 2.45) is 0 Å². The Bertz CT molecular complexity index is 858. The molecule has 0 atom stereocenters. The van der Waals surface area contributed by atoms with Gasteiger partial charge in [0.25, 0.3) is 0 Å². The molecule has 1 fully saturated rings. The number of rotatable bonds is 6. The van der Waals surface area contributed by atoms with Crippen LogP contribution in [0.3, 0.4) is 0 Å². The van der Waals surface area contributed by atoms with E-state index in [4.69, 9.17) is 4.74 Å². The first-order chi connectivity index (χ1) is 14.3. The van der Waals surface area contributed by atoms with Gasteiger partial charge in [0.2, 0.25) is 11.9 Å². The molecule has 0 radical (unpaired) electrons. The van der Waals surface area contributed by atoms with Gasteiger partial charge in [0.05, 0.1) is 0 Å². The summed E-state index contributed by atoms with van der Waals surface area (Å²) >= 11 is 0. The number of hydrogen-bond acceptors (Lipinski definition) is 5. The van der Waals surface area contributed by atoms with Crippen LogP contribution in [0.2, 0.25) is 0 Å². The lowest BCUT2D eigenvalue weighted by atomic mass is 10.0. The molecule has 0 N–H and O–H groups in total. The maximum Gasteiger partial charge on any atom is 0.248 e. The zero-order valence-corrected chi connectivity index (χ0v) is 16.2. The van der Waals surface area contributed by atoms with Gasteiger partial charge in [-0.25, -0.2) is 9.97 Å². The van der Waals surface area contributed by atoms with E-state index in [0.29, 0.717) is 19.0 Å². The molecular formula is C23H24N4O2. The molecule has 1 aliphatic heterocycles. The Balaban J connectivity index is 1.36. The average molecular weight is 388 g/mol. The Hall–Kier alpha value is -3.25. The molecule has 0 bridgehead atoms. The molecule has 1 aliphatic rings. The Morgan fingerprint density at radius 2 is 1.38 bits per heavy atom. The normalized spacial score (nSPS) is 14.2. The van der Waals surface area contributed by atoms with Crippen molar-refractivity contribution in [2.45, 2.75) is 6.10 Å². The summed E-state index contributed by atoms with van der Waals surface area (Å²) in [6.07, 6.45) is 3.21. The summed E-state index contributed by atoms with van der Waals surface area (Å²) in [6.45, 7) is 2.77. The molecular weight excluding hydrogens is 364 g/mol. The van der Waals surface area contributed by atoms with E-state index in [2.05, 4.69) is 14.9 Å². The van der Waals surface area contributed by atoms with Gasteiger partial charge in [-0.15, -0.1) is 0 Å². The summed E-state index contributed by atoms with van der Waals surface area (Å²) in [5.74, 6) is 0.722. The van der Waals surface area contributed by atoms with Crippen molar-refractivity contribution in [3.8, 4) is 0 Å². The Morgan fingerprint density at radius 1 is 0.828 bits per heavy atom. The van der Waals surface area contributed by atoms with Gasteiger partial charge in [0.15, 0.2) is 0 Å². The third-order valence-corrected chi connectivity index (χ3v) is 5.05. The fourth-order valence-corrected chi connectivity index (χ4v) is 3.50. The second kappa shape index (κ2) is 9.30. The van der Waals surface area contributed by atoms with Crippen LogP contribution in [0, 0.1) is 0 Å². The second-order valence-corrected chi connectivity index (χ2v) is 6.93. The highest BCUT2D eigenvalue weighted by atomic mass is 16.5. The predicted octanol–water partition coefficient (Wildman–Crippen LogP) is 2.93. The highest BCUT2D eigenvalue weighted by Gasteiger charge is 2.24. The molecule has 4 rings (SSSR count). The van der Waals surface area contributed by atoms with E-state index in [9.17, 15) is 4.79 Å². The van der Waals surface area contributed by atoms with Crippen LogP contribution in [0.5, 0.6) is 0 Å². The summed E-state index contributed by atoms with van der Waals surface area (Å²) in [5, 5.41) is 0. The van der Waals surface area contributed by atoms with Crippen molar-refractivity contribution in [2.75, 3.05) is 37.7 Å². The van der Waals surface area contributed by atoms with Crippen LogP contribution in [0.15, 0.2) is 79.1 Å². The first-order valence-electron chi connectivity index (χ1n) is 9.82. The molecule has 6 nitrogen and oxygen atoms in total. The minimum Gasteiger partial charge on any atom is -0.359 e. The van der Waals surface area contributed by atoms with Crippen LogP contribution in [-0.4, -0.2) is 53.6 Å². The molecule has 0 spiro atoms. The van der Waals surface area contributed by atoms with Crippen LogP contribution >= 0.6 is 0 Å². The SMILES string of the molecule is O=C(COC(c1ccccc1)c1ccccc1)N1CCN(c2ncccn2)CC1. The van der Waals surface area contributed by atoms with E-state index in [1.165, 1.54) is 0 Å². The number of nitrogens with zero attached hydrogens (tertiary/aromatic N) is 4. The van der Waals surface area contributed by atoms with Crippen molar-refractivity contribution in [1.82, 2.24) is 14.9 Å². The number of carbonyl (C=O) groups is 1. The third kappa shape index (κ3) is 4.78. The molecule has 0 saturated carbocycles. The second-order valence-electron chi connectivity index (χ2n) is 6.93. The van der Waals surface area contributed by atoms with Crippen molar-refractivity contribution in [1.29, 1.82) is 0 Å². The topological polar surface area (TPSA) is 58.6 Å². The number of benzene rings is 2. The molecule has 0 unspecified atom stereocenters. The van der Waals surface area contributed by atoms with Crippen molar-refractivity contribution in [3.05, 3.63) is 90.3 Å². The lowest BCUT2D eigenvalue weighted by Crippen LogP contribution is -2.50. The van der Waals surface area contributed by atoms with Gasteiger partial charge < -0.3 is 14.5 Å². The molecule has 29 heavy (non-hydrogen) atoms. The lowest BCUT2D eigenvalue weighted by Gasteiger charge is -2.34. The monoisotopic (exact) mass is 388 g/mol. The van der Waals surface area contributed by atoms with Crippen LogP contribution in [0.4, 0.5) is 5.95 Å². The van der Waals surface area contributed by atoms with Crippen LogP contribution in [0.1, 0.15) is 17.2 Å². The van der Waals surface area contributed by atoms with Gasteiger partial charge in [0, 0.05) is 38.6 Å². The van der Waals surface area contributed by atoms with Gasteiger partial charge in [-0.3, -0.25) is 4.79 Å². The van der Waals surface area contributed by atoms with Gasteiger partial charge in [-0.05, 0) is 17.2 Å². The third-order valence-electron chi connectivity index (χ3n) is 5.05. The maximum atomic E-state index is 12.8. The maximum absolute atomic E-state index is 12.8. The smallest absolute Gasteiger partial charge is 0.248 e. The number of anilines is 1. The number of ether oxygens (including phenoxy) is 1. The first-order valence-corrected chi connectivity index (χ1v) is 9.82. The van der Waals surface area contributed by atoms with E-state index in [-0.39, 0.29) is 18.6 Å². The fraction of sp³-hybridized carbons (Fsp3) is 0.261. The number of carbonyl (C=O) groups excluding carboxylic acids is 1. The number of piperazine rings is 1. The summed E-state index contributed by atoms with van der Waals surface area (Å²) in [7, 11) is 0. The largest absolute Gasteiger partial charge is 0.359 e. The Labute approximate surface area is 170 Å². The molecule has 6 heteroatoms. The van der Waals surface area contributed by atoms with Crippen molar-refractivity contribution < 1.29 is 9.53 Å². The van der Waals surface area contributed by atoms with Crippen molar-refractivity contribution in [3.63, 3.8) is 0 Å². The van der Waals surface area contributed by atoms with Gasteiger partial charge in [0.1, 0.15) is 12.7 Å². The number of aromatic nitrogens is 2. The Kier molecular flexibility index (Phi) is 6.12. The molecule has 2 heterocycles. The summed E-state index contributed by atoms with van der Waals surface area (Å²) in [4.78, 5) is 25.3. The zero-order valence-electron chi connectivity index (χ0n) is 16.2. The molecule has 1 aromatic heterocycles. The van der Waals surface area contributed by atoms with Crippen LogP contribution < -0.4 is 4.90 Å². The minimum atomic E-state index is -0.264. The summed E-state index contributed by atoms with van der Waals surface area (Å²) < 4.78 is 6.11. The molecule has 2 aromatic carbocycles. The van der Waals surface area contributed by atoms with Crippen LogP contribution in [-0.2, 0) is 9.53 Å². The van der Waals surface area contributed by atoms with Crippen LogP contribution in [0.25, 0.3) is 0 Å². The summed E-state index contributed by atoms with van der Waals surface area (Å²) in [6, 6.07) is 21.8. The average Bonchev–Trinajstić information content (AvgIpc) is 2.81. The molecule has 3 aromatic rings. The van der Waals surface area contributed by atoms with Crippen molar-refractivity contribution >= 4 is 11.9 Å². The summed E-state index contributed by atoms with van der Waals surface area (Å²) in [5.41, 5.74) is 2.08. The number of amides is 1. The highest BCUT2D eigenvalue weighted by Crippen LogP contribution is 2.25. The van der Waals surface area contributed by atoms with Gasteiger partial charge in [-0.1, -0.05) is 60.7 Å². The van der Waals surface area contributed by atoms with Gasteiger partial charge >= 0.3 is 0 Å². The van der Waals surface area contributed by atoms with E-state index in [1.54, 1.807) is 18.5 Å². The van der Waals surface area contributed by atoms with E-state index in [1.807, 2.05) is 65.6 Å². The first kappa shape index (κ1) is 19.1. The van der Waals surface area contributed by atoms with Gasteiger partial charge in [-0.2, -0.15) is 0 Å². The molecule has 148 valence electrons.